The van der Waals surface area contributed by atoms with Crippen molar-refractivity contribution < 1.29 is 19.1 Å². The van der Waals surface area contributed by atoms with E-state index >= 15 is 0 Å². The minimum absolute atomic E-state index is 0.00261. The lowest BCUT2D eigenvalue weighted by Gasteiger charge is -2.21. The molecule has 0 atom stereocenters. The molecule has 1 heterocycles. The van der Waals surface area contributed by atoms with Gasteiger partial charge in [0.2, 0.25) is 5.91 Å². The van der Waals surface area contributed by atoms with Crippen LogP contribution in [0.5, 0.6) is 0 Å². The van der Waals surface area contributed by atoms with E-state index in [1.54, 1.807) is 11.9 Å². The predicted molar refractivity (Wildman–Crippen MR) is 70.0 cm³/mol. The molecule has 0 aliphatic carbocycles. The Labute approximate surface area is 117 Å². The normalized spacial score (nSPS) is 10.7. The molecule has 0 aliphatic rings. The third-order valence-corrected chi connectivity index (χ3v) is 2.95. The Morgan fingerprint density at radius 2 is 2.00 bits per heavy atom. The summed E-state index contributed by atoms with van der Waals surface area (Å²) in [6.45, 7) is 3.94. The van der Waals surface area contributed by atoms with Gasteiger partial charge in [0.25, 0.3) is 0 Å². The predicted octanol–water partition coefficient (Wildman–Crippen LogP) is 0.0779. The van der Waals surface area contributed by atoms with Crippen LogP contribution in [0.25, 0.3) is 0 Å². The summed E-state index contributed by atoms with van der Waals surface area (Å²) in [7, 11) is 4.46. The van der Waals surface area contributed by atoms with Crippen molar-refractivity contribution in [1.29, 1.82) is 0 Å². The molecule has 1 aromatic heterocycles. The van der Waals surface area contributed by atoms with Crippen LogP contribution in [0, 0.1) is 0 Å². The first-order chi connectivity index (χ1) is 9.42. The molecule has 0 unspecified atom stereocenters. The lowest BCUT2D eigenvalue weighted by molar-refractivity contribution is -0.132. The third-order valence-electron chi connectivity index (χ3n) is 2.95. The van der Waals surface area contributed by atoms with Crippen molar-refractivity contribution in [3.05, 3.63) is 11.4 Å². The van der Waals surface area contributed by atoms with Crippen molar-refractivity contribution in [3.63, 3.8) is 0 Å². The maximum atomic E-state index is 12.0. The van der Waals surface area contributed by atoms with Crippen molar-refractivity contribution in [2.45, 2.75) is 33.0 Å². The van der Waals surface area contributed by atoms with Crippen LogP contribution >= 0.6 is 0 Å². The Morgan fingerprint density at radius 1 is 1.35 bits per heavy atom. The van der Waals surface area contributed by atoms with Crippen molar-refractivity contribution in [1.82, 2.24) is 19.9 Å². The molecule has 0 N–H and O–H groups in total. The lowest BCUT2D eigenvalue weighted by atomic mass is 10.3. The average molecular weight is 284 g/mol. The highest BCUT2D eigenvalue weighted by Gasteiger charge is 2.22. The van der Waals surface area contributed by atoms with E-state index in [2.05, 4.69) is 15.0 Å². The third kappa shape index (κ3) is 3.53. The first kappa shape index (κ1) is 16.1. The van der Waals surface area contributed by atoms with E-state index in [1.807, 2.05) is 13.8 Å². The number of ether oxygens (including phenoxy) is 2. The number of nitrogens with zero attached hydrogens (tertiary/aromatic N) is 4. The molecule has 0 saturated carbocycles. The Balaban J connectivity index is 2.98. The van der Waals surface area contributed by atoms with E-state index in [0.29, 0.717) is 5.69 Å². The fraction of sp³-hybridized carbons (Fsp3) is 0.667. The number of rotatable bonds is 6. The van der Waals surface area contributed by atoms with Gasteiger partial charge >= 0.3 is 5.97 Å². The van der Waals surface area contributed by atoms with E-state index in [-0.39, 0.29) is 30.8 Å². The Kier molecular flexibility index (Phi) is 5.63. The minimum Gasteiger partial charge on any atom is -0.464 e. The molecule has 0 aliphatic heterocycles. The molecular formula is C12H20N4O4. The molecule has 0 bridgehead atoms. The fourth-order valence-corrected chi connectivity index (χ4v) is 1.52. The summed E-state index contributed by atoms with van der Waals surface area (Å²) in [4.78, 5) is 25.2. The highest BCUT2D eigenvalue weighted by Crippen LogP contribution is 2.09. The molecule has 20 heavy (non-hydrogen) atoms. The second kappa shape index (κ2) is 6.99. The fourth-order valence-electron chi connectivity index (χ4n) is 1.52. The van der Waals surface area contributed by atoms with Gasteiger partial charge < -0.3 is 14.4 Å². The molecular weight excluding hydrogens is 264 g/mol. The average Bonchev–Trinajstić information content (AvgIpc) is 2.80. The van der Waals surface area contributed by atoms with E-state index in [9.17, 15) is 9.59 Å². The highest BCUT2D eigenvalue weighted by molar-refractivity contribution is 5.88. The first-order valence-corrected chi connectivity index (χ1v) is 6.17. The number of hydrogen-bond acceptors (Lipinski definition) is 6. The minimum atomic E-state index is -0.604. The molecule has 0 radical (unpaired) electrons. The maximum absolute atomic E-state index is 12.0. The lowest BCUT2D eigenvalue weighted by Crippen LogP contribution is -2.36. The summed E-state index contributed by atoms with van der Waals surface area (Å²) in [6.07, 6.45) is 0. The maximum Gasteiger partial charge on any atom is 0.360 e. The summed E-state index contributed by atoms with van der Waals surface area (Å²) >= 11 is 0. The number of esters is 1. The zero-order chi connectivity index (χ0) is 15.3. The second-order valence-corrected chi connectivity index (χ2v) is 4.57. The number of likely N-dealkylation sites (N-methyl/N-ethyl adjacent to an activating group) is 1. The molecule has 112 valence electrons. The van der Waals surface area contributed by atoms with Crippen molar-refractivity contribution in [2.75, 3.05) is 21.3 Å². The van der Waals surface area contributed by atoms with E-state index in [4.69, 9.17) is 4.74 Å². The Hall–Kier alpha value is -1.96. The van der Waals surface area contributed by atoms with Gasteiger partial charge in [-0.2, -0.15) is 0 Å². The van der Waals surface area contributed by atoms with Gasteiger partial charge in [0.15, 0.2) is 5.69 Å². The van der Waals surface area contributed by atoms with Crippen LogP contribution < -0.4 is 0 Å². The molecule has 1 rings (SSSR count). The second-order valence-electron chi connectivity index (χ2n) is 4.57. The summed E-state index contributed by atoms with van der Waals surface area (Å²) in [5.41, 5.74) is 0.485. The quantitative estimate of drug-likeness (QED) is 0.687. The van der Waals surface area contributed by atoms with Crippen LogP contribution in [0.2, 0.25) is 0 Å². The van der Waals surface area contributed by atoms with Crippen molar-refractivity contribution in [2.24, 2.45) is 0 Å². The zero-order valence-corrected chi connectivity index (χ0v) is 12.4. The van der Waals surface area contributed by atoms with Crippen LogP contribution in [0.3, 0.4) is 0 Å². The van der Waals surface area contributed by atoms with Crippen LogP contribution in [0.1, 0.15) is 30.0 Å². The molecule has 8 heteroatoms. The molecule has 1 aromatic rings. The zero-order valence-electron chi connectivity index (χ0n) is 12.4. The number of methoxy groups -OCH3 is 2. The smallest absolute Gasteiger partial charge is 0.360 e. The summed E-state index contributed by atoms with van der Waals surface area (Å²) < 4.78 is 11.0. The molecule has 0 aromatic carbocycles. The van der Waals surface area contributed by atoms with E-state index in [0.717, 1.165) is 0 Å². The van der Waals surface area contributed by atoms with E-state index in [1.165, 1.54) is 18.9 Å². The summed E-state index contributed by atoms with van der Waals surface area (Å²) in [5.74, 6) is -0.730. The van der Waals surface area contributed by atoms with E-state index < -0.39 is 5.97 Å². The molecule has 0 fully saturated rings. The first-order valence-electron chi connectivity index (χ1n) is 6.17. The monoisotopic (exact) mass is 284 g/mol. The van der Waals surface area contributed by atoms with Gasteiger partial charge in [-0.25, -0.2) is 9.48 Å². The van der Waals surface area contributed by atoms with Crippen molar-refractivity contribution >= 4 is 11.9 Å². The van der Waals surface area contributed by atoms with Crippen LogP contribution in [-0.4, -0.2) is 59.1 Å². The highest BCUT2D eigenvalue weighted by atomic mass is 16.5. The van der Waals surface area contributed by atoms with Gasteiger partial charge in [-0.15, -0.1) is 5.10 Å². The number of aromatic nitrogens is 3. The topological polar surface area (TPSA) is 86.5 Å². The van der Waals surface area contributed by atoms with Crippen LogP contribution in [0.15, 0.2) is 0 Å². The van der Waals surface area contributed by atoms with Crippen LogP contribution in [-0.2, 0) is 27.4 Å². The number of hydrogen-bond donors (Lipinski definition) is 0. The largest absolute Gasteiger partial charge is 0.464 e. The molecule has 8 nitrogen and oxygen atoms in total. The summed E-state index contributed by atoms with van der Waals surface area (Å²) in [6, 6.07) is 0.0805. The molecule has 1 amide bonds. The molecule has 0 spiro atoms. The Bertz CT molecular complexity index is 484. The van der Waals surface area contributed by atoms with Gasteiger partial charge in [-0.3, -0.25) is 4.79 Å². The van der Waals surface area contributed by atoms with Gasteiger partial charge in [0.05, 0.1) is 19.4 Å². The summed E-state index contributed by atoms with van der Waals surface area (Å²) in [5, 5.41) is 7.57. The van der Waals surface area contributed by atoms with Gasteiger partial charge in [0.1, 0.15) is 6.54 Å². The van der Waals surface area contributed by atoms with Gasteiger partial charge in [0, 0.05) is 20.2 Å². The van der Waals surface area contributed by atoms with Gasteiger partial charge in [-0.1, -0.05) is 5.21 Å². The SMILES string of the molecule is COCc1c(C(=O)OC)nnn1CC(=O)N(C)C(C)C. The number of amides is 1. The van der Waals surface area contributed by atoms with Crippen molar-refractivity contribution in [3.8, 4) is 0 Å². The van der Waals surface area contributed by atoms with Crippen LogP contribution in [0.4, 0.5) is 0 Å². The number of carbonyl (C=O) groups is 2. The van der Waals surface area contributed by atoms with Gasteiger partial charge in [-0.05, 0) is 13.8 Å². The Morgan fingerprint density at radius 3 is 2.50 bits per heavy atom. The number of carbonyl (C=O) groups excluding carboxylic acids is 2. The standard InChI is InChI=1S/C12H20N4O4/c1-8(2)15(3)10(17)6-16-9(7-19-4)11(13-14-16)12(18)20-5/h8H,6-7H2,1-5H3. The molecule has 0 saturated heterocycles.